The second kappa shape index (κ2) is 6.99. The van der Waals surface area contributed by atoms with E-state index in [-0.39, 0.29) is 0 Å². The highest BCUT2D eigenvalue weighted by molar-refractivity contribution is 7.11. The van der Waals surface area contributed by atoms with E-state index in [1.807, 2.05) is 7.05 Å². The monoisotopic (exact) mass is 241 g/mol. The van der Waals surface area contributed by atoms with Gasteiger partial charge in [0.25, 0.3) is 0 Å². The van der Waals surface area contributed by atoms with Gasteiger partial charge in [-0.05, 0) is 53.8 Å². The van der Waals surface area contributed by atoms with E-state index in [1.54, 1.807) is 11.3 Å². The molecule has 0 aromatic carbocycles. The quantitative estimate of drug-likeness (QED) is 0.720. The predicted octanol–water partition coefficient (Wildman–Crippen LogP) is 2.41. The molecule has 3 nitrogen and oxygen atoms in total. The summed E-state index contributed by atoms with van der Waals surface area (Å²) in [7, 11) is 2.00. The number of hydrogen-bond acceptors (Lipinski definition) is 4. The molecule has 1 aromatic rings. The molecule has 0 aliphatic rings. The lowest BCUT2D eigenvalue weighted by Gasteiger charge is -2.12. The third kappa shape index (κ3) is 4.20. The van der Waals surface area contributed by atoms with Crippen molar-refractivity contribution in [1.82, 2.24) is 15.6 Å². The molecule has 1 rings (SSSR count). The van der Waals surface area contributed by atoms with E-state index in [0.29, 0.717) is 6.04 Å². The van der Waals surface area contributed by atoms with Crippen LogP contribution in [0.15, 0.2) is 0 Å². The summed E-state index contributed by atoms with van der Waals surface area (Å²) in [5.74, 6) is 0. The van der Waals surface area contributed by atoms with Crippen molar-refractivity contribution in [1.29, 1.82) is 0 Å². The molecule has 0 spiro atoms. The molecule has 0 saturated heterocycles. The molecule has 4 heteroatoms. The number of nitrogens with one attached hydrogen (secondary N) is 2. The van der Waals surface area contributed by atoms with Gasteiger partial charge in [0.05, 0.1) is 10.7 Å². The van der Waals surface area contributed by atoms with Gasteiger partial charge in [0, 0.05) is 10.9 Å². The first-order valence-electron chi connectivity index (χ1n) is 5.97. The van der Waals surface area contributed by atoms with Crippen LogP contribution >= 0.6 is 11.3 Å². The van der Waals surface area contributed by atoms with E-state index in [9.17, 15) is 0 Å². The highest BCUT2D eigenvalue weighted by atomic mass is 32.1. The summed E-state index contributed by atoms with van der Waals surface area (Å²) in [6.07, 6.45) is 2.46. The molecule has 1 unspecified atom stereocenters. The zero-order valence-corrected chi connectivity index (χ0v) is 11.6. The Morgan fingerprint density at radius 2 is 1.94 bits per heavy atom. The second-order valence-corrected chi connectivity index (χ2v) is 5.40. The van der Waals surface area contributed by atoms with Gasteiger partial charge in [-0.3, -0.25) is 0 Å². The van der Waals surface area contributed by atoms with Crippen LogP contribution < -0.4 is 10.6 Å². The molecule has 0 radical (unpaired) electrons. The van der Waals surface area contributed by atoms with Crippen molar-refractivity contribution in [2.45, 2.75) is 39.7 Å². The Bertz CT molecular complexity index is 309. The Hall–Kier alpha value is -0.450. The minimum Gasteiger partial charge on any atom is -0.320 e. The number of thiazole rings is 1. The van der Waals surface area contributed by atoms with E-state index in [2.05, 4.69) is 36.4 Å². The Kier molecular flexibility index (Phi) is 5.95. The van der Waals surface area contributed by atoms with Crippen LogP contribution in [0.4, 0.5) is 0 Å². The number of aryl methyl sites for hydroxylation is 2. The molecule has 0 aliphatic heterocycles. The fraction of sp³-hybridized carbons (Fsp3) is 0.750. The first kappa shape index (κ1) is 13.6. The zero-order chi connectivity index (χ0) is 12.0. The van der Waals surface area contributed by atoms with Crippen LogP contribution in [0.3, 0.4) is 0 Å². The molecule has 1 heterocycles. The predicted molar refractivity (Wildman–Crippen MR) is 71.2 cm³/mol. The zero-order valence-electron chi connectivity index (χ0n) is 10.8. The molecule has 0 aliphatic carbocycles. The van der Waals surface area contributed by atoms with Gasteiger partial charge in [0.15, 0.2) is 0 Å². The molecular weight excluding hydrogens is 218 g/mol. The van der Waals surface area contributed by atoms with Crippen molar-refractivity contribution in [3.8, 4) is 0 Å². The lowest BCUT2D eigenvalue weighted by Crippen LogP contribution is -2.20. The third-order valence-corrected chi connectivity index (χ3v) is 3.89. The van der Waals surface area contributed by atoms with Crippen LogP contribution in [0.1, 0.15) is 41.4 Å². The molecule has 92 valence electrons. The van der Waals surface area contributed by atoms with Gasteiger partial charge in [0.1, 0.15) is 0 Å². The summed E-state index contributed by atoms with van der Waals surface area (Å²) >= 11 is 1.80. The van der Waals surface area contributed by atoms with Crippen molar-refractivity contribution >= 4 is 11.3 Å². The Labute approximate surface area is 103 Å². The van der Waals surface area contributed by atoms with Crippen molar-refractivity contribution in [3.63, 3.8) is 0 Å². The summed E-state index contributed by atoms with van der Waals surface area (Å²) in [4.78, 5) is 5.84. The van der Waals surface area contributed by atoms with Gasteiger partial charge < -0.3 is 10.6 Å². The minimum atomic E-state index is 0.431. The van der Waals surface area contributed by atoms with Gasteiger partial charge in [-0.25, -0.2) is 4.98 Å². The highest BCUT2D eigenvalue weighted by Gasteiger charge is 2.11. The average Bonchev–Trinajstić information content (AvgIpc) is 2.57. The molecule has 0 fully saturated rings. The van der Waals surface area contributed by atoms with Crippen LogP contribution in [-0.2, 0) is 0 Å². The fourth-order valence-electron chi connectivity index (χ4n) is 1.79. The van der Waals surface area contributed by atoms with Crippen LogP contribution in [0, 0.1) is 13.8 Å². The Morgan fingerprint density at radius 3 is 2.50 bits per heavy atom. The molecular formula is C12H23N3S. The van der Waals surface area contributed by atoms with Crippen LogP contribution in [0.2, 0.25) is 0 Å². The highest BCUT2D eigenvalue weighted by Crippen LogP contribution is 2.24. The van der Waals surface area contributed by atoms with E-state index < -0.39 is 0 Å². The van der Waals surface area contributed by atoms with E-state index >= 15 is 0 Å². The normalized spacial score (nSPS) is 13.0. The lowest BCUT2D eigenvalue weighted by atomic mass is 10.2. The van der Waals surface area contributed by atoms with Gasteiger partial charge >= 0.3 is 0 Å². The largest absolute Gasteiger partial charge is 0.320 e. The summed E-state index contributed by atoms with van der Waals surface area (Å²) in [5.41, 5.74) is 1.18. The average molecular weight is 241 g/mol. The van der Waals surface area contributed by atoms with Crippen molar-refractivity contribution in [2.75, 3.05) is 20.1 Å². The van der Waals surface area contributed by atoms with E-state index in [1.165, 1.54) is 23.4 Å². The number of unbranched alkanes of at least 4 members (excludes halogenated alkanes) is 1. The van der Waals surface area contributed by atoms with Crippen LogP contribution in [-0.4, -0.2) is 25.1 Å². The van der Waals surface area contributed by atoms with Crippen molar-refractivity contribution in [3.05, 3.63) is 15.6 Å². The molecule has 1 atom stereocenters. The van der Waals surface area contributed by atoms with Gasteiger partial charge in [-0.15, -0.1) is 11.3 Å². The smallest absolute Gasteiger partial charge is 0.0900 e. The minimum absolute atomic E-state index is 0.431. The van der Waals surface area contributed by atoms with Crippen LogP contribution in [0.5, 0.6) is 0 Å². The first-order chi connectivity index (χ1) is 7.65. The lowest BCUT2D eigenvalue weighted by molar-refractivity contribution is 0.544. The van der Waals surface area contributed by atoms with Gasteiger partial charge in [0.2, 0.25) is 0 Å². The first-order valence-corrected chi connectivity index (χ1v) is 6.78. The SMILES string of the molecule is CNCCCCNC(C)c1sc(C)nc1C. The summed E-state index contributed by atoms with van der Waals surface area (Å²) in [6.45, 7) is 8.57. The molecule has 1 aromatic heterocycles. The number of nitrogens with zero attached hydrogens (tertiary/aromatic N) is 1. The Balaban J connectivity index is 2.29. The summed E-state index contributed by atoms with van der Waals surface area (Å²) in [5, 5.41) is 7.88. The molecule has 16 heavy (non-hydrogen) atoms. The molecule has 2 N–H and O–H groups in total. The maximum absolute atomic E-state index is 4.46. The number of aromatic nitrogens is 1. The van der Waals surface area contributed by atoms with E-state index in [4.69, 9.17) is 0 Å². The standard InChI is InChI=1S/C12H23N3S/c1-9(14-8-6-5-7-13-4)12-10(2)15-11(3)16-12/h9,13-14H,5-8H2,1-4H3. The number of hydrogen-bond donors (Lipinski definition) is 2. The van der Waals surface area contributed by atoms with Gasteiger partial charge in [-0.2, -0.15) is 0 Å². The van der Waals surface area contributed by atoms with Crippen molar-refractivity contribution < 1.29 is 0 Å². The maximum atomic E-state index is 4.46. The van der Waals surface area contributed by atoms with E-state index in [0.717, 1.165) is 18.1 Å². The second-order valence-electron chi connectivity index (χ2n) is 4.17. The number of rotatable bonds is 7. The summed E-state index contributed by atoms with van der Waals surface area (Å²) < 4.78 is 0. The molecule has 0 bridgehead atoms. The van der Waals surface area contributed by atoms with Crippen LogP contribution in [0.25, 0.3) is 0 Å². The molecule has 0 amide bonds. The third-order valence-electron chi connectivity index (χ3n) is 2.64. The summed E-state index contributed by atoms with van der Waals surface area (Å²) in [6, 6.07) is 0.431. The molecule has 0 saturated carbocycles. The maximum Gasteiger partial charge on any atom is 0.0900 e. The Morgan fingerprint density at radius 1 is 1.25 bits per heavy atom. The fourth-order valence-corrected chi connectivity index (χ4v) is 2.74. The van der Waals surface area contributed by atoms with Crippen molar-refractivity contribution in [2.24, 2.45) is 0 Å². The topological polar surface area (TPSA) is 37.0 Å². The van der Waals surface area contributed by atoms with Gasteiger partial charge in [-0.1, -0.05) is 0 Å².